The van der Waals surface area contributed by atoms with Gasteiger partial charge in [-0.2, -0.15) is 0 Å². The van der Waals surface area contributed by atoms with Crippen molar-refractivity contribution >= 4 is 44.4 Å². The van der Waals surface area contributed by atoms with Crippen LogP contribution in [-0.4, -0.2) is 80.3 Å². The number of nitrogens with two attached hydrogens (primary N) is 1. The third-order valence-corrected chi connectivity index (χ3v) is 7.49. The molecule has 2 heterocycles. The van der Waals surface area contributed by atoms with Gasteiger partial charge in [-0.15, -0.1) is 16.9 Å². The van der Waals surface area contributed by atoms with Crippen LogP contribution < -0.4 is 5.14 Å². The number of primary sulfonamides is 1. The molecule has 6 N–H and O–H groups in total. The number of sulfonamides is 1. The van der Waals surface area contributed by atoms with Gasteiger partial charge in [-0.1, -0.05) is 5.21 Å². The fourth-order valence-corrected chi connectivity index (χ4v) is 5.24. The molecule has 0 radical (unpaired) electrons. The van der Waals surface area contributed by atoms with Gasteiger partial charge in [-0.25, -0.2) is 18.2 Å². The van der Waals surface area contributed by atoms with Crippen LogP contribution in [-0.2, 0) is 20.5 Å². The smallest absolute Gasteiger partial charge is 0.238 e. The summed E-state index contributed by atoms with van der Waals surface area (Å²) in [5.74, 6) is 0.274. The fourth-order valence-electron chi connectivity index (χ4n) is 2.70. The summed E-state index contributed by atoms with van der Waals surface area (Å²) in [5.41, 5.74) is 0.280. The van der Waals surface area contributed by atoms with E-state index in [0.29, 0.717) is 15.1 Å². The second-order valence-electron chi connectivity index (χ2n) is 6.29. The summed E-state index contributed by atoms with van der Waals surface area (Å²) in [4.78, 5) is -0.0187. The standard InChI is InChI=1S/C15H19IN4O7S2/c16-14-9(6-28-15-13(24)12(23)11(22)10(5-21)27-15)18-19-20(14)7-1-3-8(4-2-7)29(17,25)26/h1-4,10-13,15,21-24H,5-6H2,(H2,17,25,26)/t10-,11+,12+,13-,15+/m1/s1. The van der Waals surface area contributed by atoms with Gasteiger partial charge in [0.1, 0.15) is 39.2 Å². The van der Waals surface area contributed by atoms with Crippen LogP contribution in [0.5, 0.6) is 0 Å². The SMILES string of the molecule is NS(=O)(=O)c1ccc(-n2nnc(CS[C@@H]3O[C@H](CO)[C@H](O)[C@H](O)[C@H]3O)c2I)cc1. The first-order valence-electron chi connectivity index (χ1n) is 8.29. The number of aromatic nitrogens is 3. The van der Waals surface area contributed by atoms with Crippen molar-refractivity contribution < 1.29 is 33.6 Å². The first kappa shape index (κ1) is 22.8. The van der Waals surface area contributed by atoms with Crippen LogP contribution in [0, 0.1) is 3.70 Å². The largest absolute Gasteiger partial charge is 0.394 e. The number of aliphatic hydroxyl groups is 4. The van der Waals surface area contributed by atoms with E-state index in [-0.39, 0.29) is 10.6 Å². The molecule has 0 amide bonds. The first-order valence-corrected chi connectivity index (χ1v) is 12.0. The van der Waals surface area contributed by atoms with Crippen LogP contribution in [0.3, 0.4) is 0 Å². The summed E-state index contributed by atoms with van der Waals surface area (Å²) in [6, 6.07) is 5.83. The number of ether oxygens (including phenoxy) is 1. The lowest BCUT2D eigenvalue weighted by Gasteiger charge is -2.39. The second-order valence-corrected chi connectivity index (χ2v) is 9.96. The Morgan fingerprint density at radius 3 is 2.41 bits per heavy atom. The zero-order valence-corrected chi connectivity index (χ0v) is 18.5. The molecule has 1 saturated heterocycles. The molecule has 0 spiro atoms. The highest BCUT2D eigenvalue weighted by Gasteiger charge is 2.43. The number of nitrogens with zero attached hydrogens (tertiary/aromatic N) is 3. The highest BCUT2D eigenvalue weighted by atomic mass is 127. The molecule has 1 aliphatic rings. The van der Waals surface area contributed by atoms with E-state index in [4.69, 9.17) is 9.88 Å². The lowest BCUT2D eigenvalue weighted by atomic mass is 10.0. The number of hydrogen-bond acceptors (Lipinski definition) is 10. The molecule has 14 heteroatoms. The van der Waals surface area contributed by atoms with Gasteiger partial charge in [0, 0.05) is 5.75 Å². The molecule has 0 unspecified atom stereocenters. The van der Waals surface area contributed by atoms with E-state index in [9.17, 15) is 28.8 Å². The van der Waals surface area contributed by atoms with E-state index in [0.717, 1.165) is 11.8 Å². The maximum Gasteiger partial charge on any atom is 0.238 e. The molecule has 0 bridgehead atoms. The number of hydrogen-bond donors (Lipinski definition) is 5. The minimum absolute atomic E-state index is 0.0187. The normalized spacial score (nSPS) is 27.9. The van der Waals surface area contributed by atoms with E-state index in [2.05, 4.69) is 10.3 Å². The lowest BCUT2D eigenvalue weighted by Crippen LogP contribution is -2.57. The summed E-state index contributed by atoms with van der Waals surface area (Å²) in [5, 5.41) is 52.3. The van der Waals surface area contributed by atoms with Crippen molar-refractivity contribution in [3.8, 4) is 5.69 Å². The average Bonchev–Trinajstić information content (AvgIpc) is 3.05. The number of benzene rings is 1. The Morgan fingerprint density at radius 2 is 1.83 bits per heavy atom. The summed E-state index contributed by atoms with van der Waals surface area (Å²) in [6.07, 6.45) is -5.16. The van der Waals surface area contributed by atoms with Crippen molar-refractivity contribution in [3.05, 3.63) is 33.7 Å². The van der Waals surface area contributed by atoms with Crippen molar-refractivity contribution in [2.75, 3.05) is 6.61 Å². The third kappa shape index (κ3) is 4.91. The van der Waals surface area contributed by atoms with Crippen LogP contribution in [0.4, 0.5) is 0 Å². The number of halogens is 1. The molecule has 0 saturated carbocycles. The Bertz CT molecular complexity index is 954. The number of aliphatic hydroxyl groups excluding tert-OH is 4. The zero-order valence-electron chi connectivity index (χ0n) is 14.7. The van der Waals surface area contributed by atoms with E-state index in [1.165, 1.54) is 16.8 Å². The van der Waals surface area contributed by atoms with Crippen LogP contribution in [0.1, 0.15) is 5.69 Å². The first-order chi connectivity index (χ1) is 13.6. The third-order valence-electron chi connectivity index (χ3n) is 4.32. The van der Waals surface area contributed by atoms with Crippen LogP contribution in [0.15, 0.2) is 29.2 Å². The Labute approximate surface area is 184 Å². The van der Waals surface area contributed by atoms with E-state index < -0.39 is 46.5 Å². The van der Waals surface area contributed by atoms with Gasteiger partial charge in [0.2, 0.25) is 10.0 Å². The molecule has 29 heavy (non-hydrogen) atoms. The predicted molar refractivity (Wildman–Crippen MR) is 111 cm³/mol. The van der Waals surface area contributed by atoms with Crippen molar-refractivity contribution in [2.24, 2.45) is 5.14 Å². The van der Waals surface area contributed by atoms with Crippen LogP contribution in [0.2, 0.25) is 0 Å². The summed E-state index contributed by atoms with van der Waals surface area (Å²) < 4.78 is 30.3. The Balaban J connectivity index is 1.71. The van der Waals surface area contributed by atoms with Gasteiger partial charge in [0.05, 0.1) is 17.2 Å². The van der Waals surface area contributed by atoms with Gasteiger partial charge in [0.25, 0.3) is 0 Å². The maximum absolute atomic E-state index is 11.4. The van der Waals surface area contributed by atoms with Crippen LogP contribution >= 0.6 is 34.4 Å². The number of thioether (sulfide) groups is 1. The average molecular weight is 558 g/mol. The summed E-state index contributed by atoms with van der Waals surface area (Å²) >= 11 is 3.17. The molecule has 1 aliphatic heterocycles. The van der Waals surface area contributed by atoms with Crippen LogP contribution in [0.25, 0.3) is 5.69 Å². The van der Waals surface area contributed by atoms with Crippen molar-refractivity contribution in [1.82, 2.24) is 15.0 Å². The highest BCUT2D eigenvalue weighted by molar-refractivity contribution is 14.1. The van der Waals surface area contributed by atoms with Crippen molar-refractivity contribution in [2.45, 2.75) is 40.5 Å². The van der Waals surface area contributed by atoms with Gasteiger partial charge in [-0.3, -0.25) is 0 Å². The van der Waals surface area contributed by atoms with E-state index >= 15 is 0 Å². The van der Waals surface area contributed by atoms with Gasteiger partial charge < -0.3 is 25.2 Å². The highest BCUT2D eigenvalue weighted by Crippen LogP contribution is 2.31. The Hall–Kier alpha value is -0.850. The van der Waals surface area contributed by atoms with Gasteiger partial charge in [-0.05, 0) is 46.9 Å². The van der Waals surface area contributed by atoms with E-state index in [1.807, 2.05) is 22.6 Å². The molecule has 0 aliphatic carbocycles. The molecule has 11 nitrogen and oxygen atoms in total. The molecular formula is C15H19IN4O7S2. The number of rotatable bonds is 6. The molecule has 1 aromatic heterocycles. The minimum Gasteiger partial charge on any atom is -0.394 e. The van der Waals surface area contributed by atoms with Crippen molar-refractivity contribution in [1.29, 1.82) is 0 Å². The minimum atomic E-state index is -3.79. The molecule has 160 valence electrons. The predicted octanol–water partition coefficient (Wildman–Crippen LogP) is -1.45. The molecule has 1 aromatic carbocycles. The zero-order chi connectivity index (χ0) is 21.3. The van der Waals surface area contributed by atoms with Crippen molar-refractivity contribution in [3.63, 3.8) is 0 Å². The molecule has 1 fully saturated rings. The molecule has 2 aromatic rings. The maximum atomic E-state index is 11.4. The van der Waals surface area contributed by atoms with Gasteiger partial charge in [0.15, 0.2) is 0 Å². The molecule has 5 atom stereocenters. The monoisotopic (exact) mass is 558 g/mol. The van der Waals surface area contributed by atoms with E-state index in [1.54, 1.807) is 12.1 Å². The summed E-state index contributed by atoms with van der Waals surface area (Å²) in [6.45, 7) is -0.496. The topological polar surface area (TPSA) is 181 Å². The quantitative estimate of drug-likeness (QED) is 0.263. The molecule has 3 rings (SSSR count). The fraction of sp³-hybridized carbons (Fsp3) is 0.467. The Kier molecular flexibility index (Phi) is 7.17. The molecular weight excluding hydrogens is 539 g/mol. The Morgan fingerprint density at radius 1 is 1.17 bits per heavy atom. The lowest BCUT2D eigenvalue weighted by molar-refractivity contribution is -0.205. The summed E-state index contributed by atoms with van der Waals surface area (Å²) in [7, 11) is -3.79. The second kappa shape index (κ2) is 9.11. The van der Waals surface area contributed by atoms with Gasteiger partial charge >= 0.3 is 0 Å².